The van der Waals surface area contributed by atoms with E-state index in [0.29, 0.717) is 21.8 Å². The normalized spacial score (nSPS) is 11.2. The number of rotatable bonds is 6. The van der Waals surface area contributed by atoms with E-state index < -0.39 is 14.9 Å². The molecule has 0 unspecified atom stereocenters. The SMILES string of the molecule is C=CCN(c1ccc(Cl)cc1C)S(=O)(=O)c1ccc(C)c([N+](=O)[O-])c1. The Balaban J connectivity index is 2.62. The van der Waals surface area contributed by atoms with Crippen LogP contribution in [-0.2, 0) is 10.0 Å². The average Bonchev–Trinajstić information content (AvgIpc) is 2.53. The van der Waals surface area contributed by atoms with Crippen LogP contribution >= 0.6 is 11.6 Å². The Morgan fingerprint density at radius 1 is 1.20 bits per heavy atom. The molecule has 0 saturated heterocycles. The van der Waals surface area contributed by atoms with E-state index in [-0.39, 0.29) is 17.1 Å². The van der Waals surface area contributed by atoms with Crippen molar-refractivity contribution >= 4 is 33.0 Å². The van der Waals surface area contributed by atoms with E-state index in [1.807, 2.05) is 0 Å². The van der Waals surface area contributed by atoms with Gasteiger partial charge in [0.25, 0.3) is 15.7 Å². The Morgan fingerprint density at radius 3 is 2.44 bits per heavy atom. The molecule has 25 heavy (non-hydrogen) atoms. The van der Waals surface area contributed by atoms with E-state index in [9.17, 15) is 18.5 Å². The molecule has 0 N–H and O–H groups in total. The summed E-state index contributed by atoms with van der Waals surface area (Å²) in [4.78, 5) is 10.4. The van der Waals surface area contributed by atoms with E-state index in [4.69, 9.17) is 11.6 Å². The molecule has 0 atom stereocenters. The Hall–Kier alpha value is -2.38. The molecule has 0 amide bonds. The highest BCUT2D eigenvalue weighted by Crippen LogP contribution is 2.30. The van der Waals surface area contributed by atoms with Crippen LogP contribution in [0.5, 0.6) is 0 Å². The van der Waals surface area contributed by atoms with Gasteiger partial charge in [0.05, 0.1) is 22.1 Å². The second-order valence-corrected chi connectivity index (χ2v) is 7.76. The van der Waals surface area contributed by atoms with Gasteiger partial charge >= 0.3 is 0 Å². The summed E-state index contributed by atoms with van der Waals surface area (Å²) in [6, 6.07) is 8.70. The molecular weight excluding hydrogens is 364 g/mol. The minimum Gasteiger partial charge on any atom is -0.262 e. The summed E-state index contributed by atoms with van der Waals surface area (Å²) in [7, 11) is -4.01. The van der Waals surface area contributed by atoms with Crippen molar-refractivity contribution in [1.29, 1.82) is 0 Å². The Kier molecular flexibility index (Phi) is 5.49. The number of hydrogen-bond donors (Lipinski definition) is 0. The van der Waals surface area contributed by atoms with Crippen molar-refractivity contribution in [3.63, 3.8) is 0 Å². The van der Waals surface area contributed by atoms with Crippen LogP contribution in [0.4, 0.5) is 11.4 Å². The predicted molar refractivity (Wildman–Crippen MR) is 98.8 cm³/mol. The molecule has 132 valence electrons. The van der Waals surface area contributed by atoms with Crippen LogP contribution in [0.15, 0.2) is 53.9 Å². The highest BCUT2D eigenvalue weighted by Gasteiger charge is 2.27. The summed E-state index contributed by atoms with van der Waals surface area (Å²) in [6.45, 7) is 6.92. The Bertz CT molecular complexity index is 942. The van der Waals surface area contributed by atoms with Gasteiger partial charge in [0.15, 0.2) is 0 Å². The van der Waals surface area contributed by atoms with Gasteiger partial charge in [-0.2, -0.15) is 0 Å². The first kappa shape index (κ1) is 19.0. The molecule has 0 bridgehead atoms. The molecule has 2 aromatic carbocycles. The molecule has 6 nitrogen and oxygen atoms in total. The lowest BCUT2D eigenvalue weighted by molar-refractivity contribution is -0.385. The smallest absolute Gasteiger partial charge is 0.262 e. The molecule has 0 aliphatic rings. The zero-order valence-electron chi connectivity index (χ0n) is 13.8. The molecule has 0 aliphatic carbocycles. The monoisotopic (exact) mass is 380 g/mol. The van der Waals surface area contributed by atoms with Gasteiger partial charge in [-0.15, -0.1) is 6.58 Å². The van der Waals surface area contributed by atoms with Crippen molar-refractivity contribution in [1.82, 2.24) is 0 Å². The fourth-order valence-corrected chi connectivity index (χ4v) is 4.16. The number of hydrogen-bond acceptors (Lipinski definition) is 4. The maximum atomic E-state index is 13.1. The van der Waals surface area contributed by atoms with E-state index in [2.05, 4.69) is 6.58 Å². The number of aryl methyl sites for hydroxylation is 2. The third-order valence-corrected chi connectivity index (χ3v) is 5.70. The van der Waals surface area contributed by atoms with Crippen LogP contribution in [0.25, 0.3) is 0 Å². The van der Waals surface area contributed by atoms with Crippen LogP contribution in [0, 0.1) is 24.0 Å². The minimum absolute atomic E-state index is 0.0203. The van der Waals surface area contributed by atoms with Crippen molar-refractivity contribution in [2.24, 2.45) is 0 Å². The number of halogens is 1. The van der Waals surface area contributed by atoms with Gasteiger partial charge < -0.3 is 0 Å². The van der Waals surface area contributed by atoms with Crippen molar-refractivity contribution < 1.29 is 13.3 Å². The van der Waals surface area contributed by atoms with E-state index in [1.54, 1.807) is 32.0 Å². The Labute approximate surface area is 151 Å². The first-order valence-corrected chi connectivity index (χ1v) is 9.15. The molecule has 2 rings (SSSR count). The summed E-state index contributed by atoms with van der Waals surface area (Å²) in [5.74, 6) is 0. The third-order valence-electron chi connectivity index (χ3n) is 3.69. The van der Waals surface area contributed by atoms with Crippen LogP contribution in [0.1, 0.15) is 11.1 Å². The number of nitro benzene ring substituents is 1. The number of nitro groups is 1. The zero-order valence-corrected chi connectivity index (χ0v) is 15.3. The van der Waals surface area contributed by atoms with Gasteiger partial charge in [0.2, 0.25) is 0 Å². The fourth-order valence-electron chi connectivity index (χ4n) is 2.42. The molecule has 0 fully saturated rings. The maximum absolute atomic E-state index is 13.1. The zero-order chi connectivity index (χ0) is 18.8. The molecule has 2 aromatic rings. The van der Waals surface area contributed by atoms with Crippen molar-refractivity contribution in [3.05, 3.63) is 75.3 Å². The van der Waals surface area contributed by atoms with Gasteiger partial charge in [-0.05, 0) is 43.7 Å². The van der Waals surface area contributed by atoms with Crippen LogP contribution in [0.2, 0.25) is 5.02 Å². The van der Waals surface area contributed by atoms with Gasteiger partial charge in [0.1, 0.15) is 0 Å². The van der Waals surface area contributed by atoms with Gasteiger partial charge in [-0.3, -0.25) is 14.4 Å². The maximum Gasteiger partial charge on any atom is 0.273 e. The molecule has 0 aliphatic heterocycles. The lowest BCUT2D eigenvalue weighted by Crippen LogP contribution is -2.31. The summed E-state index contributed by atoms with van der Waals surface area (Å²) in [5.41, 5.74) is 1.25. The molecule has 0 saturated carbocycles. The number of nitrogens with zero attached hydrogens (tertiary/aromatic N) is 2. The Morgan fingerprint density at radius 2 is 1.88 bits per heavy atom. The topological polar surface area (TPSA) is 80.5 Å². The summed E-state index contributed by atoms with van der Waals surface area (Å²) in [5, 5.41) is 11.6. The lowest BCUT2D eigenvalue weighted by atomic mass is 10.2. The molecule has 0 heterocycles. The third kappa shape index (κ3) is 3.83. The highest BCUT2D eigenvalue weighted by atomic mass is 35.5. The minimum atomic E-state index is -4.01. The molecule has 0 aromatic heterocycles. The van der Waals surface area contributed by atoms with Crippen molar-refractivity contribution in [2.75, 3.05) is 10.8 Å². The summed E-state index contributed by atoms with van der Waals surface area (Å²) < 4.78 is 27.3. The second kappa shape index (κ2) is 7.25. The van der Waals surface area contributed by atoms with Crippen molar-refractivity contribution in [3.8, 4) is 0 Å². The molecule has 0 radical (unpaired) electrons. The van der Waals surface area contributed by atoms with Gasteiger partial charge in [-0.25, -0.2) is 8.42 Å². The molecule has 8 heteroatoms. The lowest BCUT2D eigenvalue weighted by Gasteiger charge is -2.25. The average molecular weight is 381 g/mol. The van der Waals surface area contributed by atoms with Crippen LogP contribution in [-0.4, -0.2) is 19.9 Å². The largest absolute Gasteiger partial charge is 0.273 e. The number of benzene rings is 2. The van der Waals surface area contributed by atoms with Crippen LogP contribution in [0.3, 0.4) is 0 Å². The summed E-state index contributed by atoms with van der Waals surface area (Å²) >= 11 is 5.94. The standard InChI is InChI=1S/C17H17ClN2O4S/c1-4-9-19(16-8-6-14(18)10-13(16)3)25(23,24)15-7-5-12(2)17(11-15)20(21)22/h4-8,10-11H,1,9H2,2-3H3. The van der Waals surface area contributed by atoms with E-state index in [0.717, 1.165) is 10.4 Å². The quantitative estimate of drug-likeness (QED) is 0.426. The predicted octanol–water partition coefficient (Wildman–Crippen LogP) is 4.25. The van der Waals surface area contributed by atoms with Gasteiger partial charge in [-0.1, -0.05) is 23.7 Å². The number of anilines is 1. The first-order valence-electron chi connectivity index (χ1n) is 7.33. The first-order chi connectivity index (χ1) is 11.7. The molecule has 0 spiro atoms. The fraction of sp³-hybridized carbons (Fsp3) is 0.176. The van der Waals surface area contributed by atoms with E-state index >= 15 is 0 Å². The van der Waals surface area contributed by atoms with E-state index in [1.165, 1.54) is 18.2 Å². The van der Waals surface area contributed by atoms with Gasteiger partial charge in [0, 0.05) is 16.7 Å². The highest BCUT2D eigenvalue weighted by molar-refractivity contribution is 7.92. The second-order valence-electron chi connectivity index (χ2n) is 5.46. The molecular formula is C17H17ClN2O4S. The van der Waals surface area contributed by atoms with Crippen LogP contribution < -0.4 is 4.31 Å². The summed E-state index contributed by atoms with van der Waals surface area (Å²) in [6.07, 6.45) is 1.45. The number of sulfonamides is 1. The van der Waals surface area contributed by atoms with Crippen molar-refractivity contribution in [2.45, 2.75) is 18.7 Å².